The van der Waals surface area contributed by atoms with Crippen LogP contribution in [0.2, 0.25) is 0 Å². The first-order chi connectivity index (χ1) is 8.78. The highest BCUT2D eigenvalue weighted by molar-refractivity contribution is 9.10. The Bertz CT molecular complexity index is 693. The maximum atomic E-state index is 5.08. The Labute approximate surface area is 112 Å². The predicted octanol–water partition coefficient (Wildman–Crippen LogP) is 2.56. The lowest BCUT2D eigenvalue weighted by molar-refractivity contribution is 0.413. The molecule has 0 aliphatic carbocycles. The molecule has 3 aromatic heterocycles. The summed E-state index contributed by atoms with van der Waals surface area (Å²) < 4.78 is 7.66. The van der Waals surface area contributed by atoms with Gasteiger partial charge in [-0.15, -0.1) is 0 Å². The van der Waals surface area contributed by atoms with Crippen molar-refractivity contribution in [2.45, 2.75) is 0 Å². The zero-order chi connectivity index (χ0) is 12.5. The zero-order valence-corrected chi connectivity index (χ0v) is 11.1. The molecule has 3 rings (SSSR count). The molecular weight excluding hydrogens is 296 g/mol. The summed E-state index contributed by atoms with van der Waals surface area (Å²) in [5.41, 5.74) is 2.52. The molecule has 0 N–H and O–H groups in total. The third-order valence-corrected chi connectivity index (χ3v) is 3.14. The van der Waals surface area contributed by atoms with Gasteiger partial charge in [0.15, 0.2) is 5.65 Å². The van der Waals surface area contributed by atoms with Gasteiger partial charge in [0.25, 0.3) is 0 Å². The lowest BCUT2D eigenvalue weighted by Gasteiger charge is -2.03. The van der Waals surface area contributed by atoms with Crippen LogP contribution < -0.4 is 4.74 Å². The van der Waals surface area contributed by atoms with E-state index in [4.69, 9.17) is 4.74 Å². The monoisotopic (exact) mass is 304 g/mol. The summed E-state index contributed by atoms with van der Waals surface area (Å²) in [5, 5.41) is 4.19. The van der Waals surface area contributed by atoms with Crippen LogP contribution in [0.4, 0.5) is 0 Å². The molecule has 0 saturated carbocycles. The van der Waals surface area contributed by atoms with E-state index in [9.17, 15) is 0 Å². The Hall–Kier alpha value is -1.95. The molecule has 3 heterocycles. The molecule has 18 heavy (non-hydrogen) atoms. The maximum absolute atomic E-state index is 5.08. The van der Waals surface area contributed by atoms with E-state index in [1.54, 1.807) is 30.2 Å². The molecule has 0 fully saturated rings. The molecule has 6 heteroatoms. The van der Waals surface area contributed by atoms with Gasteiger partial charge in [0.2, 0.25) is 0 Å². The zero-order valence-electron chi connectivity index (χ0n) is 9.54. The van der Waals surface area contributed by atoms with E-state index in [-0.39, 0.29) is 0 Å². The second-order valence-electron chi connectivity index (χ2n) is 3.69. The van der Waals surface area contributed by atoms with Gasteiger partial charge in [-0.3, -0.25) is 4.98 Å². The fourth-order valence-electron chi connectivity index (χ4n) is 1.65. The van der Waals surface area contributed by atoms with Gasteiger partial charge in [0.1, 0.15) is 5.75 Å². The van der Waals surface area contributed by atoms with Gasteiger partial charge < -0.3 is 4.74 Å². The van der Waals surface area contributed by atoms with Crippen molar-refractivity contribution in [2.75, 3.05) is 7.11 Å². The van der Waals surface area contributed by atoms with Gasteiger partial charge >= 0.3 is 0 Å². The summed E-state index contributed by atoms with van der Waals surface area (Å²) in [6.07, 6.45) is 7.06. The highest BCUT2D eigenvalue weighted by Gasteiger charge is 2.05. The minimum absolute atomic E-state index is 0.731. The van der Waals surface area contributed by atoms with E-state index in [0.717, 1.165) is 27.1 Å². The topological polar surface area (TPSA) is 52.3 Å². The summed E-state index contributed by atoms with van der Waals surface area (Å²) in [6.45, 7) is 0. The maximum Gasteiger partial charge on any atom is 0.169 e. The number of hydrogen-bond donors (Lipinski definition) is 0. The second kappa shape index (κ2) is 4.38. The van der Waals surface area contributed by atoms with E-state index < -0.39 is 0 Å². The number of hydrogen-bond acceptors (Lipinski definition) is 4. The van der Waals surface area contributed by atoms with Crippen LogP contribution in [0.25, 0.3) is 16.9 Å². The van der Waals surface area contributed by atoms with Crippen molar-refractivity contribution in [3.05, 3.63) is 41.4 Å². The van der Waals surface area contributed by atoms with Crippen LogP contribution in [0.15, 0.2) is 41.4 Å². The van der Waals surface area contributed by atoms with E-state index >= 15 is 0 Å². The second-order valence-corrected chi connectivity index (χ2v) is 4.54. The largest absolute Gasteiger partial charge is 0.495 e. The highest BCUT2D eigenvalue weighted by atomic mass is 79.9. The van der Waals surface area contributed by atoms with Crippen LogP contribution in [-0.2, 0) is 0 Å². The summed E-state index contributed by atoms with van der Waals surface area (Å²) in [5.74, 6) is 0.731. The molecule has 0 spiro atoms. The molecule has 5 nitrogen and oxygen atoms in total. The standard InChI is InChI=1S/C12H9BrN4O/c1-18-9-2-3-11(14-5-9)8-4-15-12-10(13)6-16-17(12)7-8/h2-7H,1H3. The van der Waals surface area contributed by atoms with Gasteiger partial charge in [0.05, 0.1) is 29.7 Å². The van der Waals surface area contributed by atoms with Crippen LogP contribution in [0.3, 0.4) is 0 Å². The molecule has 3 aromatic rings. The Balaban J connectivity index is 2.07. The van der Waals surface area contributed by atoms with Crippen molar-refractivity contribution in [1.82, 2.24) is 19.6 Å². The van der Waals surface area contributed by atoms with Gasteiger partial charge in [-0.1, -0.05) is 0 Å². The number of fused-ring (bicyclic) bond motifs is 1. The van der Waals surface area contributed by atoms with Gasteiger partial charge in [0, 0.05) is 18.0 Å². The summed E-state index contributed by atoms with van der Waals surface area (Å²) >= 11 is 3.39. The van der Waals surface area contributed by atoms with Gasteiger partial charge in [-0.2, -0.15) is 5.10 Å². The van der Waals surface area contributed by atoms with Crippen molar-refractivity contribution in [2.24, 2.45) is 0 Å². The molecule has 0 atom stereocenters. The number of ether oxygens (including phenoxy) is 1. The van der Waals surface area contributed by atoms with Crippen LogP contribution in [0, 0.1) is 0 Å². The Kier molecular flexibility index (Phi) is 2.71. The molecule has 0 radical (unpaired) electrons. The molecule has 0 saturated heterocycles. The lowest BCUT2D eigenvalue weighted by atomic mass is 10.2. The van der Waals surface area contributed by atoms with Crippen molar-refractivity contribution >= 4 is 21.6 Å². The number of methoxy groups -OCH3 is 1. The predicted molar refractivity (Wildman–Crippen MR) is 70.5 cm³/mol. The SMILES string of the molecule is COc1ccc(-c2cnc3c(Br)cnn3c2)nc1. The number of rotatable bonds is 2. The van der Waals surface area contributed by atoms with Gasteiger partial charge in [-0.05, 0) is 28.1 Å². The number of halogens is 1. The van der Waals surface area contributed by atoms with Crippen LogP contribution in [-0.4, -0.2) is 26.7 Å². The molecule has 0 amide bonds. The van der Waals surface area contributed by atoms with Crippen LogP contribution >= 0.6 is 15.9 Å². The normalized spacial score (nSPS) is 10.8. The van der Waals surface area contributed by atoms with Crippen molar-refractivity contribution in [3.63, 3.8) is 0 Å². The van der Waals surface area contributed by atoms with E-state index in [1.165, 1.54) is 0 Å². The lowest BCUT2D eigenvalue weighted by Crippen LogP contribution is -1.93. The number of aromatic nitrogens is 4. The number of nitrogens with zero attached hydrogens (tertiary/aromatic N) is 4. The molecule has 0 unspecified atom stereocenters. The Morgan fingerprint density at radius 1 is 1.17 bits per heavy atom. The number of pyridine rings is 1. The molecule has 0 aliphatic heterocycles. The smallest absolute Gasteiger partial charge is 0.169 e. The van der Waals surface area contributed by atoms with Crippen molar-refractivity contribution in [3.8, 4) is 17.0 Å². The van der Waals surface area contributed by atoms with E-state index in [0.29, 0.717) is 0 Å². The third kappa shape index (κ3) is 1.84. The van der Waals surface area contributed by atoms with Crippen LogP contribution in [0.5, 0.6) is 5.75 Å². The van der Waals surface area contributed by atoms with Crippen LogP contribution in [0.1, 0.15) is 0 Å². The van der Waals surface area contributed by atoms with E-state index in [2.05, 4.69) is 31.0 Å². The van der Waals surface area contributed by atoms with E-state index in [1.807, 2.05) is 18.3 Å². The molecular formula is C12H9BrN4O. The third-order valence-electron chi connectivity index (χ3n) is 2.58. The summed E-state index contributed by atoms with van der Waals surface area (Å²) in [7, 11) is 1.62. The molecule has 0 aliphatic rings. The summed E-state index contributed by atoms with van der Waals surface area (Å²) in [6, 6.07) is 3.76. The van der Waals surface area contributed by atoms with Crippen molar-refractivity contribution < 1.29 is 4.74 Å². The first-order valence-corrected chi connectivity index (χ1v) is 6.06. The molecule has 0 bridgehead atoms. The minimum atomic E-state index is 0.731. The average Bonchev–Trinajstić information content (AvgIpc) is 2.80. The Morgan fingerprint density at radius 3 is 2.78 bits per heavy atom. The van der Waals surface area contributed by atoms with Crippen molar-refractivity contribution in [1.29, 1.82) is 0 Å². The first kappa shape index (κ1) is 11.2. The summed E-state index contributed by atoms with van der Waals surface area (Å²) in [4.78, 5) is 8.66. The quantitative estimate of drug-likeness (QED) is 0.730. The minimum Gasteiger partial charge on any atom is -0.495 e. The molecule has 0 aromatic carbocycles. The Morgan fingerprint density at radius 2 is 2.06 bits per heavy atom. The average molecular weight is 305 g/mol. The highest BCUT2D eigenvalue weighted by Crippen LogP contribution is 2.21. The fraction of sp³-hybridized carbons (Fsp3) is 0.0833. The molecule has 90 valence electrons. The first-order valence-electron chi connectivity index (χ1n) is 5.27. The fourth-order valence-corrected chi connectivity index (χ4v) is 2.03. The van der Waals surface area contributed by atoms with Gasteiger partial charge in [-0.25, -0.2) is 9.50 Å².